The van der Waals surface area contributed by atoms with Crippen LogP contribution in [0.15, 0.2) is 29.0 Å². The summed E-state index contributed by atoms with van der Waals surface area (Å²) in [4.78, 5) is 0. The van der Waals surface area contributed by atoms with Gasteiger partial charge in [-0.15, -0.1) is 0 Å². The molecule has 0 saturated carbocycles. The summed E-state index contributed by atoms with van der Waals surface area (Å²) in [6.45, 7) is 2.84. The van der Waals surface area contributed by atoms with E-state index in [-0.39, 0.29) is 4.47 Å². The van der Waals surface area contributed by atoms with Crippen LogP contribution < -0.4 is 11.3 Å². The number of aryl methyl sites for hydroxylation is 1. The van der Waals surface area contributed by atoms with E-state index < -0.39 is 17.7 Å². The standard InChI is InChI=1S/C13H15BrF2N4/c1-2-5-20-7-8(6-18-20)13(19-17)9-3-4-10(15)12(16)11(9)14/h3-4,6-7,13,19H,2,5,17H2,1H3. The molecule has 0 aliphatic rings. The van der Waals surface area contributed by atoms with E-state index in [2.05, 4.69) is 26.5 Å². The summed E-state index contributed by atoms with van der Waals surface area (Å²) in [5.41, 5.74) is 3.91. The Kier molecular flexibility index (Phi) is 4.85. The largest absolute Gasteiger partial charge is 0.272 e. The SMILES string of the molecule is CCCn1cc(C(NN)c2ccc(F)c(F)c2Br)cn1. The monoisotopic (exact) mass is 344 g/mol. The number of rotatable bonds is 5. The lowest BCUT2D eigenvalue weighted by molar-refractivity contribution is 0.498. The average Bonchev–Trinajstić information content (AvgIpc) is 2.88. The molecule has 0 radical (unpaired) electrons. The van der Waals surface area contributed by atoms with Crippen molar-refractivity contribution in [3.05, 3.63) is 51.8 Å². The van der Waals surface area contributed by atoms with Crippen molar-refractivity contribution in [1.29, 1.82) is 0 Å². The van der Waals surface area contributed by atoms with Crippen LogP contribution in [-0.2, 0) is 6.54 Å². The van der Waals surface area contributed by atoms with Crippen LogP contribution in [0.1, 0.15) is 30.5 Å². The normalized spacial score (nSPS) is 12.7. The van der Waals surface area contributed by atoms with Crippen LogP contribution in [0.5, 0.6) is 0 Å². The molecule has 1 unspecified atom stereocenters. The van der Waals surface area contributed by atoms with Gasteiger partial charge in [0.05, 0.1) is 16.7 Å². The van der Waals surface area contributed by atoms with Gasteiger partial charge in [-0.3, -0.25) is 10.5 Å². The second kappa shape index (κ2) is 6.43. The summed E-state index contributed by atoms with van der Waals surface area (Å²) in [6.07, 6.45) is 4.45. The Morgan fingerprint density at radius 2 is 2.20 bits per heavy atom. The first-order valence-corrected chi connectivity index (χ1v) is 6.99. The minimum atomic E-state index is -0.927. The molecule has 0 saturated heterocycles. The van der Waals surface area contributed by atoms with E-state index >= 15 is 0 Å². The Bertz CT molecular complexity index is 600. The first-order valence-electron chi connectivity index (χ1n) is 6.20. The highest BCUT2D eigenvalue weighted by molar-refractivity contribution is 9.10. The van der Waals surface area contributed by atoms with Crippen molar-refractivity contribution in [2.45, 2.75) is 25.9 Å². The molecule has 4 nitrogen and oxygen atoms in total. The number of hydrogen-bond donors (Lipinski definition) is 2. The molecule has 0 fully saturated rings. The van der Waals surface area contributed by atoms with E-state index in [1.54, 1.807) is 10.9 Å². The first-order chi connectivity index (χ1) is 9.58. The highest BCUT2D eigenvalue weighted by Crippen LogP contribution is 2.31. The van der Waals surface area contributed by atoms with Gasteiger partial charge < -0.3 is 0 Å². The van der Waals surface area contributed by atoms with E-state index in [0.29, 0.717) is 5.56 Å². The van der Waals surface area contributed by atoms with Gasteiger partial charge in [0.1, 0.15) is 0 Å². The van der Waals surface area contributed by atoms with Gasteiger partial charge in [0.15, 0.2) is 11.6 Å². The number of hydrogen-bond acceptors (Lipinski definition) is 3. The second-order valence-corrected chi connectivity index (χ2v) is 5.19. The van der Waals surface area contributed by atoms with Crippen molar-refractivity contribution in [2.75, 3.05) is 0 Å². The molecular formula is C13H15BrF2N4. The van der Waals surface area contributed by atoms with Gasteiger partial charge in [0, 0.05) is 18.3 Å². The zero-order valence-electron chi connectivity index (χ0n) is 10.9. The lowest BCUT2D eigenvalue weighted by Gasteiger charge is -2.16. The number of halogens is 3. The third-order valence-electron chi connectivity index (χ3n) is 2.98. The van der Waals surface area contributed by atoms with Gasteiger partial charge in [-0.2, -0.15) is 5.10 Å². The summed E-state index contributed by atoms with van der Waals surface area (Å²) < 4.78 is 28.6. The van der Waals surface area contributed by atoms with Crippen LogP contribution in [-0.4, -0.2) is 9.78 Å². The molecule has 2 aromatic rings. The van der Waals surface area contributed by atoms with Gasteiger partial charge in [-0.1, -0.05) is 13.0 Å². The molecule has 7 heteroatoms. The lowest BCUT2D eigenvalue weighted by atomic mass is 10.0. The molecule has 108 valence electrons. The van der Waals surface area contributed by atoms with Crippen LogP contribution in [0, 0.1) is 11.6 Å². The average molecular weight is 345 g/mol. The van der Waals surface area contributed by atoms with Crippen LogP contribution in [0.25, 0.3) is 0 Å². The fourth-order valence-electron chi connectivity index (χ4n) is 2.01. The summed E-state index contributed by atoms with van der Waals surface area (Å²) in [5, 5.41) is 4.21. The van der Waals surface area contributed by atoms with Gasteiger partial charge in [-0.05, 0) is 34.0 Å². The molecular weight excluding hydrogens is 330 g/mol. The van der Waals surface area contributed by atoms with Crippen LogP contribution in [0.3, 0.4) is 0 Å². The summed E-state index contributed by atoms with van der Waals surface area (Å²) in [7, 11) is 0. The number of aromatic nitrogens is 2. The molecule has 2 rings (SSSR count). The Balaban J connectivity index is 2.39. The van der Waals surface area contributed by atoms with E-state index in [9.17, 15) is 8.78 Å². The molecule has 0 spiro atoms. The van der Waals surface area contributed by atoms with E-state index in [0.717, 1.165) is 24.6 Å². The Morgan fingerprint density at radius 3 is 2.85 bits per heavy atom. The molecule has 0 aliphatic carbocycles. The highest BCUT2D eigenvalue weighted by Gasteiger charge is 2.21. The van der Waals surface area contributed by atoms with Gasteiger partial charge in [0.25, 0.3) is 0 Å². The Hall–Kier alpha value is -1.31. The molecule has 0 bridgehead atoms. The summed E-state index contributed by atoms with van der Waals surface area (Å²) in [6, 6.07) is 2.10. The van der Waals surface area contributed by atoms with Crippen LogP contribution in [0.2, 0.25) is 0 Å². The number of nitrogens with two attached hydrogens (primary N) is 1. The third kappa shape index (κ3) is 2.89. The van der Waals surface area contributed by atoms with Crippen molar-refractivity contribution >= 4 is 15.9 Å². The van der Waals surface area contributed by atoms with E-state index in [1.807, 2.05) is 13.1 Å². The molecule has 3 N–H and O–H groups in total. The zero-order valence-corrected chi connectivity index (χ0v) is 12.5. The van der Waals surface area contributed by atoms with Crippen molar-refractivity contribution < 1.29 is 8.78 Å². The predicted octanol–water partition coefficient (Wildman–Crippen LogP) is 2.89. The molecule has 0 amide bonds. The summed E-state index contributed by atoms with van der Waals surface area (Å²) >= 11 is 3.07. The highest BCUT2D eigenvalue weighted by atomic mass is 79.9. The Morgan fingerprint density at radius 1 is 1.45 bits per heavy atom. The maximum Gasteiger partial charge on any atom is 0.173 e. The van der Waals surface area contributed by atoms with Crippen molar-refractivity contribution in [1.82, 2.24) is 15.2 Å². The fraction of sp³-hybridized carbons (Fsp3) is 0.308. The van der Waals surface area contributed by atoms with Crippen molar-refractivity contribution in [3.63, 3.8) is 0 Å². The van der Waals surface area contributed by atoms with Gasteiger partial charge in [-0.25, -0.2) is 14.2 Å². The molecule has 1 aromatic heterocycles. The Labute approximate surface area is 124 Å². The molecule has 1 heterocycles. The summed E-state index contributed by atoms with van der Waals surface area (Å²) in [5.74, 6) is 3.72. The first kappa shape index (κ1) is 15.1. The zero-order chi connectivity index (χ0) is 14.7. The van der Waals surface area contributed by atoms with Gasteiger partial charge >= 0.3 is 0 Å². The maximum atomic E-state index is 13.6. The lowest BCUT2D eigenvalue weighted by Crippen LogP contribution is -2.29. The number of nitrogens with one attached hydrogen (secondary N) is 1. The van der Waals surface area contributed by atoms with Gasteiger partial charge in [0.2, 0.25) is 0 Å². The molecule has 1 atom stereocenters. The second-order valence-electron chi connectivity index (χ2n) is 4.40. The van der Waals surface area contributed by atoms with Crippen molar-refractivity contribution in [3.8, 4) is 0 Å². The number of benzene rings is 1. The maximum absolute atomic E-state index is 13.6. The van der Waals surface area contributed by atoms with Crippen LogP contribution in [0.4, 0.5) is 8.78 Å². The predicted molar refractivity (Wildman–Crippen MR) is 75.7 cm³/mol. The smallest absolute Gasteiger partial charge is 0.173 e. The van der Waals surface area contributed by atoms with Crippen molar-refractivity contribution in [2.24, 2.45) is 5.84 Å². The van der Waals surface area contributed by atoms with E-state index in [4.69, 9.17) is 5.84 Å². The molecule has 1 aromatic carbocycles. The molecule has 20 heavy (non-hydrogen) atoms. The fourth-order valence-corrected chi connectivity index (χ4v) is 2.56. The molecule has 0 aliphatic heterocycles. The topological polar surface area (TPSA) is 55.9 Å². The quantitative estimate of drug-likeness (QED) is 0.498. The minimum absolute atomic E-state index is 0.0590. The number of nitrogens with zero attached hydrogens (tertiary/aromatic N) is 2. The number of hydrazine groups is 1. The third-order valence-corrected chi connectivity index (χ3v) is 3.79. The van der Waals surface area contributed by atoms with Crippen LogP contribution >= 0.6 is 15.9 Å². The minimum Gasteiger partial charge on any atom is -0.272 e. The van der Waals surface area contributed by atoms with E-state index in [1.165, 1.54) is 6.07 Å².